The zero-order chi connectivity index (χ0) is 8.65. The fraction of sp³-hybridized carbons (Fsp3) is 0.333. The summed E-state index contributed by atoms with van der Waals surface area (Å²) in [5.74, 6) is 0.825. The second-order valence-electron chi connectivity index (χ2n) is 2.49. The van der Waals surface area contributed by atoms with E-state index in [9.17, 15) is 0 Å². The van der Waals surface area contributed by atoms with Gasteiger partial charge in [-0.25, -0.2) is 5.26 Å². The average Bonchev–Trinajstić information content (AvgIpc) is 2.14. The molecular weight excluding hydrogens is 172 g/mol. The van der Waals surface area contributed by atoms with Gasteiger partial charge in [0.1, 0.15) is 0 Å². The lowest BCUT2D eigenvalue weighted by atomic mass is 10.1. The third kappa shape index (κ3) is 3.76. The normalized spacial score (nSPS) is 10.1. The molecule has 0 aliphatic rings. The van der Waals surface area contributed by atoms with E-state index in [2.05, 4.69) is 16.5 Å². The Bertz CT molecular complexity index is 201. The molecule has 0 aliphatic carbocycles. The number of benzene rings is 1. The minimum absolute atomic E-state index is 0.825. The van der Waals surface area contributed by atoms with Crippen LogP contribution >= 0.6 is 12.0 Å². The van der Waals surface area contributed by atoms with Crippen molar-refractivity contribution in [2.75, 3.05) is 5.75 Å². The van der Waals surface area contributed by atoms with Gasteiger partial charge < -0.3 is 0 Å². The summed E-state index contributed by atoms with van der Waals surface area (Å²) >= 11 is 1.08. The van der Waals surface area contributed by atoms with E-state index < -0.39 is 0 Å². The van der Waals surface area contributed by atoms with Crippen LogP contribution in [0.15, 0.2) is 30.3 Å². The van der Waals surface area contributed by atoms with Crippen molar-refractivity contribution in [2.24, 2.45) is 0 Å². The molecule has 1 rings (SSSR count). The first kappa shape index (κ1) is 9.58. The second-order valence-corrected chi connectivity index (χ2v) is 3.28. The number of hydrogen-bond donors (Lipinski definition) is 1. The average molecular weight is 184 g/mol. The Morgan fingerprint density at radius 1 is 1.25 bits per heavy atom. The van der Waals surface area contributed by atoms with Crippen molar-refractivity contribution in [3.63, 3.8) is 0 Å². The lowest BCUT2D eigenvalue weighted by Gasteiger charge is -1.98. The first-order valence-corrected chi connectivity index (χ1v) is 4.81. The SMILES string of the molecule is OOSCCCc1ccccc1. The van der Waals surface area contributed by atoms with Crippen LogP contribution < -0.4 is 0 Å². The van der Waals surface area contributed by atoms with Crippen molar-refractivity contribution in [3.8, 4) is 0 Å². The van der Waals surface area contributed by atoms with Crippen LogP contribution in [-0.4, -0.2) is 11.0 Å². The summed E-state index contributed by atoms with van der Waals surface area (Å²) in [4.78, 5) is 0. The summed E-state index contributed by atoms with van der Waals surface area (Å²) in [6, 6.07) is 10.3. The highest BCUT2D eigenvalue weighted by Gasteiger charge is 1.92. The van der Waals surface area contributed by atoms with E-state index in [4.69, 9.17) is 5.26 Å². The second kappa shape index (κ2) is 6.06. The van der Waals surface area contributed by atoms with Crippen molar-refractivity contribution in [1.82, 2.24) is 0 Å². The summed E-state index contributed by atoms with van der Waals surface area (Å²) in [5, 5.41) is 8.03. The van der Waals surface area contributed by atoms with Gasteiger partial charge in [0.05, 0.1) is 0 Å². The molecule has 0 bridgehead atoms. The third-order valence-electron chi connectivity index (χ3n) is 1.59. The minimum atomic E-state index is 0.825. The predicted octanol–water partition coefficient (Wildman–Crippen LogP) is 2.76. The van der Waals surface area contributed by atoms with Gasteiger partial charge in [0, 0.05) is 17.8 Å². The maximum Gasteiger partial charge on any atom is 0.0311 e. The van der Waals surface area contributed by atoms with Crippen LogP contribution in [0.5, 0.6) is 0 Å². The largest absolute Gasteiger partial charge is 0.239 e. The molecule has 0 saturated heterocycles. The summed E-state index contributed by atoms with van der Waals surface area (Å²) in [6.07, 6.45) is 2.06. The summed E-state index contributed by atoms with van der Waals surface area (Å²) in [7, 11) is 0. The van der Waals surface area contributed by atoms with E-state index in [0.29, 0.717) is 0 Å². The van der Waals surface area contributed by atoms with E-state index in [1.807, 2.05) is 18.2 Å². The van der Waals surface area contributed by atoms with Gasteiger partial charge in [-0.3, -0.25) is 0 Å². The van der Waals surface area contributed by atoms with Crippen molar-refractivity contribution in [3.05, 3.63) is 35.9 Å². The van der Waals surface area contributed by atoms with E-state index in [1.54, 1.807) is 0 Å². The van der Waals surface area contributed by atoms with E-state index in [1.165, 1.54) is 5.56 Å². The van der Waals surface area contributed by atoms with Gasteiger partial charge in [0.2, 0.25) is 0 Å². The Morgan fingerprint density at radius 2 is 2.00 bits per heavy atom. The van der Waals surface area contributed by atoms with Crippen LogP contribution in [0.25, 0.3) is 0 Å². The standard InChI is InChI=1S/C9H12O2S/c10-11-12-8-4-7-9-5-2-1-3-6-9/h1-3,5-6,10H,4,7-8H2. The molecule has 0 fully saturated rings. The molecular formula is C9H12O2S. The lowest BCUT2D eigenvalue weighted by Crippen LogP contribution is -1.87. The molecule has 0 radical (unpaired) electrons. The molecule has 2 nitrogen and oxygen atoms in total. The first-order valence-electron chi connectivity index (χ1n) is 3.90. The summed E-state index contributed by atoms with van der Waals surface area (Å²) in [6.45, 7) is 0. The Kier molecular flexibility index (Phi) is 4.83. The minimum Gasteiger partial charge on any atom is -0.239 e. The van der Waals surface area contributed by atoms with Crippen molar-refractivity contribution < 1.29 is 9.59 Å². The molecule has 0 aliphatic heterocycles. The molecule has 1 aromatic carbocycles. The van der Waals surface area contributed by atoms with Crippen LogP contribution in [0.1, 0.15) is 12.0 Å². The molecule has 0 heterocycles. The molecule has 3 heteroatoms. The molecule has 0 unspecified atom stereocenters. The number of rotatable bonds is 5. The van der Waals surface area contributed by atoms with Gasteiger partial charge in [0.25, 0.3) is 0 Å². The van der Waals surface area contributed by atoms with Crippen LogP contribution in [0.2, 0.25) is 0 Å². The zero-order valence-electron chi connectivity index (χ0n) is 6.77. The fourth-order valence-corrected chi connectivity index (χ4v) is 1.35. The third-order valence-corrected chi connectivity index (χ3v) is 2.15. The van der Waals surface area contributed by atoms with Crippen LogP contribution in [0, 0.1) is 0 Å². The smallest absolute Gasteiger partial charge is 0.0311 e. The molecule has 66 valence electrons. The molecule has 12 heavy (non-hydrogen) atoms. The molecule has 0 spiro atoms. The molecule has 1 aromatic rings. The number of aryl methyl sites for hydroxylation is 1. The highest BCUT2D eigenvalue weighted by molar-refractivity contribution is 7.94. The van der Waals surface area contributed by atoms with Crippen molar-refractivity contribution in [1.29, 1.82) is 0 Å². The van der Waals surface area contributed by atoms with Gasteiger partial charge in [-0.15, -0.1) is 0 Å². The van der Waals surface area contributed by atoms with Gasteiger partial charge in [-0.2, -0.15) is 4.33 Å². The van der Waals surface area contributed by atoms with Gasteiger partial charge in [-0.05, 0) is 18.4 Å². The van der Waals surface area contributed by atoms with Crippen molar-refractivity contribution in [2.45, 2.75) is 12.8 Å². The predicted molar refractivity (Wildman–Crippen MR) is 50.9 cm³/mol. The fourth-order valence-electron chi connectivity index (χ4n) is 1.02. The zero-order valence-corrected chi connectivity index (χ0v) is 7.59. The topological polar surface area (TPSA) is 29.5 Å². The molecule has 0 saturated carbocycles. The van der Waals surface area contributed by atoms with Crippen LogP contribution in [0.3, 0.4) is 0 Å². The van der Waals surface area contributed by atoms with Crippen LogP contribution in [-0.2, 0) is 10.8 Å². The highest BCUT2D eigenvalue weighted by Crippen LogP contribution is 2.07. The number of hydrogen-bond acceptors (Lipinski definition) is 3. The Labute approximate surface area is 76.7 Å². The maximum atomic E-state index is 8.03. The van der Waals surface area contributed by atoms with Gasteiger partial charge in [0.15, 0.2) is 0 Å². The Hall–Kier alpha value is -0.510. The molecule has 0 amide bonds. The van der Waals surface area contributed by atoms with E-state index in [-0.39, 0.29) is 0 Å². The van der Waals surface area contributed by atoms with Gasteiger partial charge >= 0.3 is 0 Å². The monoisotopic (exact) mass is 184 g/mol. The summed E-state index contributed by atoms with van der Waals surface area (Å²) in [5.41, 5.74) is 1.33. The Balaban J connectivity index is 2.16. The van der Waals surface area contributed by atoms with E-state index >= 15 is 0 Å². The lowest BCUT2D eigenvalue weighted by molar-refractivity contribution is -0.116. The van der Waals surface area contributed by atoms with Crippen LogP contribution in [0.4, 0.5) is 0 Å². The molecule has 1 N–H and O–H groups in total. The van der Waals surface area contributed by atoms with E-state index in [0.717, 1.165) is 30.6 Å². The maximum absolute atomic E-state index is 8.03. The van der Waals surface area contributed by atoms with Gasteiger partial charge in [-0.1, -0.05) is 30.3 Å². The highest BCUT2D eigenvalue weighted by atomic mass is 32.2. The quantitative estimate of drug-likeness (QED) is 0.330. The summed E-state index contributed by atoms with van der Waals surface area (Å²) < 4.78 is 3.90. The van der Waals surface area contributed by atoms with Crippen molar-refractivity contribution >= 4 is 12.0 Å². The first-order chi connectivity index (χ1) is 5.93. The Morgan fingerprint density at radius 3 is 2.67 bits per heavy atom. The molecule has 0 aromatic heterocycles. The molecule has 0 atom stereocenters.